The first-order valence-electron chi connectivity index (χ1n) is 8.50. The zero-order valence-electron chi connectivity index (χ0n) is 14.7. The summed E-state index contributed by atoms with van der Waals surface area (Å²) in [6.45, 7) is 1.83. The van der Waals surface area contributed by atoms with Crippen molar-refractivity contribution in [1.82, 2.24) is 4.90 Å². The number of nitrogens with one attached hydrogen (secondary N) is 1. The van der Waals surface area contributed by atoms with E-state index in [-0.39, 0.29) is 12.5 Å². The van der Waals surface area contributed by atoms with Gasteiger partial charge in [-0.25, -0.2) is 0 Å². The molecule has 0 spiro atoms. The van der Waals surface area contributed by atoms with Crippen LogP contribution < -0.4 is 14.8 Å². The van der Waals surface area contributed by atoms with E-state index in [4.69, 9.17) is 9.47 Å². The van der Waals surface area contributed by atoms with Crippen LogP contribution in [0.2, 0.25) is 0 Å². The molecule has 1 amide bonds. The summed E-state index contributed by atoms with van der Waals surface area (Å²) in [6.07, 6.45) is 0.993. The summed E-state index contributed by atoms with van der Waals surface area (Å²) in [5.74, 6) is 2.10. The number of carbonyl (C=O) groups excluding carboxylic acids is 1. The highest BCUT2D eigenvalue weighted by Crippen LogP contribution is 2.29. The van der Waals surface area contributed by atoms with Crippen LogP contribution in [-0.2, 0) is 4.79 Å². The van der Waals surface area contributed by atoms with E-state index in [1.807, 2.05) is 41.3 Å². The van der Waals surface area contributed by atoms with Crippen molar-refractivity contribution in [1.29, 1.82) is 0 Å². The number of benzene rings is 2. The largest absolute Gasteiger partial charge is 0.497 e. The number of rotatable bonds is 6. The molecule has 0 unspecified atom stereocenters. The van der Waals surface area contributed by atoms with Crippen LogP contribution in [0, 0.1) is 0 Å². The van der Waals surface area contributed by atoms with Crippen LogP contribution in [0.5, 0.6) is 11.5 Å². The Morgan fingerprint density at radius 2 is 1.88 bits per heavy atom. The number of hydrogen-bond acceptors (Lipinski definition) is 4. The van der Waals surface area contributed by atoms with Gasteiger partial charge in [0.25, 0.3) is 0 Å². The minimum Gasteiger partial charge on any atom is -0.497 e. The Labute approximate surface area is 148 Å². The van der Waals surface area contributed by atoms with E-state index < -0.39 is 0 Å². The minimum atomic E-state index is 0.113. The Bertz CT molecular complexity index is 715. The zero-order valence-corrected chi connectivity index (χ0v) is 14.7. The molecule has 1 saturated heterocycles. The third-order valence-corrected chi connectivity index (χ3v) is 4.67. The molecular formula is C20H24N2O3. The second kappa shape index (κ2) is 7.92. The lowest BCUT2D eigenvalue weighted by Crippen LogP contribution is -2.33. The predicted molar refractivity (Wildman–Crippen MR) is 98.4 cm³/mol. The van der Waals surface area contributed by atoms with Crippen molar-refractivity contribution < 1.29 is 14.3 Å². The second-order valence-electron chi connectivity index (χ2n) is 6.15. The highest BCUT2D eigenvalue weighted by molar-refractivity contribution is 5.81. The maximum atomic E-state index is 12.5. The molecule has 1 aliphatic rings. The minimum absolute atomic E-state index is 0.113. The third-order valence-electron chi connectivity index (χ3n) is 4.67. The average molecular weight is 340 g/mol. The number of methoxy groups -OCH3 is 2. The number of para-hydroxylation sites is 2. The van der Waals surface area contributed by atoms with Crippen molar-refractivity contribution in [2.75, 3.05) is 39.2 Å². The first kappa shape index (κ1) is 17.1. The van der Waals surface area contributed by atoms with Crippen molar-refractivity contribution in [3.63, 3.8) is 0 Å². The van der Waals surface area contributed by atoms with Gasteiger partial charge in [-0.05, 0) is 36.2 Å². The first-order valence-corrected chi connectivity index (χ1v) is 8.50. The van der Waals surface area contributed by atoms with Crippen molar-refractivity contribution in [3.05, 3.63) is 54.1 Å². The molecule has 2 aromatic rings. The van der Waals surface area contributed by atoms with E-state index in [9.17, 15) is 4.79 Å². The van der Waals surface area contributed by atoms with Gasteiger partial charge in [-0.1, -0.05) is 24.3 Å². The maximum absolute atomic E-state index is 12.5. The van der Waals surface area contributed by atoms with Gasteiger partial charge in [-0.2, -0.15) is 0 Å². The molecular weight excluding hydrogens is 316 g/mol. The number of ether oxygens (including phenoxy) is 2. The number of amides is 1. The molecule has 0 aromatic heterocycles. The standard InChI is InChI=1S/C20H24N2O3/c1-24-17-9-7-15(8-10-17)16-11-12-22(14-16)20(23)13-21-18-5-3-4-6-19(18)25-2/h3-10,16,21H,11-14H2,1-2H3/t16-/m0/s1. The quantitative estimate of drug-likeness (QED) is 0.878. The van der Waals surface area contributed by atoms with Crippen molar-refractivity contribution in [3.8, 4) is 11.5 Å². The topological polar surface area (TPSA) is 50.8 Å². The van der Waals surface area contributed by atoms with Crippen molar-refractivity contribution in [2.45, 2.75) is 12.3 Å². The normalized spacial score (nSPS) is 16.6. The number of hydrogen-bond donors (Lipinski definition) is 1. The number of nitrogens with zero attached hydrogens (tertiary/aromatic N) is 1. The summed E-state index contributed by atoms with van der Waals surface area (Å²) >= 11 is 0. The third kappa shape index (κ3) is 4.05. The second-order valence-corrected chi connectivity index (χ2v) is 6.15. The lowest BCUT2D eigenvalue weighted by molar-refractivity contribution is -0.128. The average Bonchev–Trinajstić information content (AvgIpc) is 3.16. The van der Waals surface area contributed by atoms with E-state index in [1.54, 1.807) is 14.2 Å². The van der Waals surface area contributed by atoms with Crippen LogP contribution in [0.4, 0.5) is 5.69 Å². The van der Waals surface area contributed by atoms with Crippen molar-refractivity contribution >= 4 is 11.6 Å². The lowest BCUT2D eigenvalue weighted by Gasteiger charge is -2.18. The van der Waals surface area contributed by atoms with Gasteiger partial charge in [-0.15, -0.1) is 0 Å². The molecule has 0 radical (unpaired) electrons. The Hall–Kier alpha value is -2.69. The Morgan fingerprint density at radius 3 is 2.60 bits per heavy atom. The van der Waals surface area contributed by atoms with Gasteiger partial charge >= 0.3 is 0 Å². The van der Waals surface area contributed by atoms with Gasteiger partial charge in [0.05, 0.1) is 26.5 Å². The van der Waals surface area contributed by atoms with Gasteiger partial charge in [0, 0.05) is 19.0 Å². The van der Waals surface area contributed by atoms with Gasteiger partial charge in [0.1, 0.15) is 11.5 Å². The molecule has 0 bridgehead atoms. The monoisotopic (exact) mass is 340 g/mol. The van der Waals surface area contributed by atoms with Crippen LogP contribution in [0.25, 0.3) is 0 Å². The summed E-state index contributed by atoms with van der Waals surface area (Å²) in [7, 11) is 3.29. The Morgan fingerprint density at radius 1 is 1.12 bits per heavy atom. The number of likely N-dealkylation sites (tertiary alicyclic amines) is 1. The maximum Gasteiger partial charge on any atom is 0.241 e. The first-order chi connectivity index (χ1) is 12.2. The molecule has 1 fully saturated rings. The Kier molecular flexibility index (Phi) is 5.43. The van der Waals surface area contributed by atoms with Crippen molar-refractivity contribution in [2.24, 2.45) is 0 Å². The fourth-order valence-corrected chi connectivity index (χ4v) is 3.21. The predicted octanol–water partition coefficient (Wildman–Crippen LogP) is 3.13. The van der Waals surface area contributed by atoms with E-state index in [0.29, 0.717) is 5.92 Å². The van der Waals surface area contributed by atoms with E-state index in [1.165, 1.54) is 5.56 Å². The van der Waals surface area contributed by atoms with Crippen LogP contribution in [0.1, 0.15) is 17.9 Å². The van der Waals surface area contributed by atoms with E-state index >= 15 is 0 Å². The summed E-state index contributed by atoms with van der Waals surface area (Å²) in [6, 6.07) is 15.7. The Balaban J connectivity index is 1.55. The number of anilines is 1. The smallest absolute Gasteiger partial charge is 0.241 e. The van der Waals surface area contributed by atoms with E-state index in [0.717, 1.165) is 36.7 Å². The number of carbonyl (C=O) groups is 1. The zero-order chi connectivity index (χ0) is 17.6. The van der Waals surface area contributed by atoms with Crippen LogP contribution in [0.15, 0.2) is 48.5 Å². The molecule has 132 valence electrons. The fourth-order valence-electron chi connectivity index (χ4n) is 3.21. The molecule has 0 aliphatic carbocycles. The fraction of sp³-hybridized carbons (Fsp3) is 0.350. The molecule has 5 heteroatoms. The van der Waals surface area contributed by atoms with E-state index in [2.05, 4.69) is 17.4 Å². The van der Waals surface area contributed by atoms with Crippen LogP contribution in [-0.4, -0.2) is 44.7 Å². The summed E-state index contributed by atoms with van der Waals surface area (Å²) in [4.78, 5) is 14.4. The van der Waals surface area contributed by atoms with Gasteiger partial charge in [-0.3, -0.25) is 4.79 Å². The molecule has 1 heterocycles. The lowest BCUT2D eigenvalue weighted by atomic mass is 9.98. The molecule has 0 saturated carbocycles. The molecule has 1 atom stereocenters. The van der Waals surface area contributed by atoms with Gasteiger partial charge in [0.2, 0.25) is 5.91 Å². The summed E-state index contributed by atoms with van der Waals surface area (Å²) < 4.78 is 10.5. The van der Waals surface area contributed by atoms with Crippen LogP contribution >= 0.6 is 0 Å². The van der Waals surface area contributed by atoms with Crippen LogP contribution in [0.3, 0.4) is 0 Å². The molecule has 1 aliphatic heterocycles. The summed E-state index contributed by atoms with van der Waals surface area (Å²) in [5, 5.41) is 3.18. The SMILES string of the molecule is COc1ccc([C@H]2CCN(C(=O)CNc3ccccc3OC)C2)cc1. The molecule has 5 nitrogen and oxygen atoms in total. The molecule has 2 aromatic carbocycles. The molecule has 3 rings (SSSR count). The van der Waals surface area contributed by atoms with Gasteiger partial charge < -0.3 is 19.7 Å². The van der Waals surface area contributed by atoms with Gasteiger partial charge in [0.15, 0.2) is 0 Å². The highest BCUT2D eigenvalue weighted by Gasteiger charge is 2.27. The molecule has 25 heavy (non-hydrogen) atoms. The summed E-state index contributed by atoms with van der Waals surface area (Å²) in [5.41, 5.74) is 2.10. The molecule has 1 N–H and O–H groups in total. The highest BCUT2D eigenvalue weighted by atomic mass is 16.5.